The molecule has 0 radical (unpaired) electrons. The molecule has 5 aromatic carbocycles. The lowest BCUT2D eigenvalue weighted by Gasteiger charge is -2.11. The highest BCUT2D eigenvalue weighted by atomic mass is 15.3. The van der Waals surface area contributed by atoms with Crippen molar-refractivity contribution in [1.29, 1.82) is 0 Å². The van der Waals surface area contributed by atoms with Crippen molar-refractivity contribution in [1.82, 2.24) is 14.0 Å². The van der Waals surface area contributed by atoms with Crippen LogP contribution in [0.2, 0.25) is 0 Å². The van der Waals surface area contributed by atoms with E-state index in [1.807, 2.05) is 0 Å². The van der Waals surface area contributed by atoms with Crippen molar-refractivity contribution in [3.8, 4) is 11.4 Å². The Hall–Kier alpha value is -4.34. The summed E-state index contributed by atoms with van der Waals surface area (Å²) in [5.41, 5.74) is 8.77. The minimum Gasteiger partial charge on any atom is -0.309 e. The van der Waals surface area contributed by atoms with Gasteiger partial charge < -0.3 is 9.13 Å². The zero-order valence-electron chi connectivity index (χ0n) is 20.1. The van der Waals surface area contributed by atoms with E-state index in [0.717, 1.165) is 6.54 Å². The molecule has 36 heavy (non-hydrogen) atoms. The maximum absolute atomic E-state index is 2.47. The summed E-state index contributed by atoms with van der Waals surface area (Å²) < 4.78 is 4.87. The fourth-order valence-electron chi connectivity index (χ4n) is 6.06. The standard InChI is InChI=1S/C33H25N3/c1-34-21-31(34)22-15-17-24(18-16-22)36-28-13-7-5-11-25(28)26-19-20-30-32(33(26)36)27-12-6-8-14-29(27)35(30)23-9-3-2-4-10-23/h2-20,31H,21H2,1H3. The van der Waals surface area contributed by atoms with Crippen LogP contribution in [0.15, 0.2) is 115 Å². The lowest BCUT2D eigenvalue weighted by atomic mass is 10.1. The molecule has 0 bridgehead atoms. The third-order valence-electron chi connectivity index (χ3n) is 7.88. The van der Waals surface area contributed by atoms with E-state index in [1.165, 1.54) is 60.5 Å². The fraction of sp³-hybridized carbons (Fsp3) is 0.0909. The summed E-state index contributed by atoms with van der Waals surface area (Å²) in [4.78, 5) is 2.37. The van der Waals surface area contributed by atoms with Gasteiger partial charge >= 0.3 is 0 Å². The average Bonchev–Trinajstić information content (AvgIpc) is 3.44. The molecule has 1 aliphatic rings. The maximum Gasteiger partial charge on any atom is 0.0641 e. The smallest absolute Gasteiger partial charge is 0.0641 e. The van der Waals surface area contributed by atoms with Gasteiger partial charge in [0, 0.05) is 45.5 Å². The molecule has 0 saturated carbocycles. The van der Waals surface area contributed by atoms with E-state index >= 15 is 0 Å². The number of hydrogen-bond donors (Lipinski definition) is 0. The Balaban J connectivity index is 1.53. The fourth-order valence-corrected chi connectivity index (χ4v) is 6.06. The Bertz CT molecular complexity index is 1920. The third-order valence-corrected chi connectivity index (χ3v) is 7.88. The molecule has 2 aromatic heterocycles. The summed E-state index contributed by atoms with van der Waals surface area (Å²) in [6.07, 6.45) is 0. The zero-order valence-corrected chi connectivity index (χ0v) is 20.1. The van der Waals surface area contributed by atoms with Crippen molar-refractivity contribution in [3.63, 3.8) is 0 Å². The predicted molar refractivity (Wildman–Crippen MR) is 150 cm³/mol. The molecule has 2 unspecified atom stereocenters. The molecule has 0 spiro atoms. The number of likely N-dealkylation sites (N-methyl/N-ethyl adjacent to an activating group) is 1. The van der Waals surface area contributed by atoms with Crippen molar-refractivity contribution in [3.05, 3.63) is 121 Å². The predicted octanol–water partition coefficient (Wildman–Crippen LogP) is 7.87. The van der Waals surface area contributed by atoms with Gasteiger partial charge in [0.25, 0.3) is 0 Å². The highest BCUT2D eigenvalue weighted by Gasteiger charge is 2.31. The summed E-state index contributed by atoms with van der Waals surface area (Å²) in [5, 5.41) is 5.16. The molecule has 0 amide bonds. The number of hydrogen-bond acceptors (Lipinski definition) is 1. The quantitative estimate of drug-likeness (QED) is 0.243. The molecule has 0 aliphatic carbocycles. The molecule has 8 rings (SSSR count). The Morgan fingerprint density at radius 3 is 1.86 bits per heavy atom. The lowest BCUT2D eigenvalue weighted by molar-refractivity contribution is 0.631. The molecule has 1 saturated heterocycles. The Kier molecular flexibility index (Phi) is 4.05. The van der Waals surface area contributed by atoms with Gasteiger partial charge in [-0.05, 0) is 55.1 Å². The van der Waals surface area contributed by atoms with E-state index in [1.54, 1.807) is 0 Å². The number of nitrogens with zero attached hydrogens (tertiary/aromatic N) is 3. The van der Waals surface area contributed by atoms with Gasteiger partial charge in [-0.15, -0.1) is 0 Å². The summed E-state index contributed by atoms with van der Waals surface area (Å²) in [7, 11) is 2.19. The van der Waals surface area contributed by atoms with Crippen molar-refractivity contribution in [2.24, 2.45) is 0 Å². The molecule has 1 fully saturated rings. The molecular weight excluding hydrogens is 438 g/mol. The molecule has 172 valence electrons. The Morgan fingerprint density at radius 1 is 0.528 bits per heavy atom. The molecule has 1 aliphatic heterocycles. The van der Waals surface area contributed by atoms with E-state index in [2.05, 4.69) is 136 Å². The Morgan fingerprint density at radius 2 is 1.14 bits per heavy atom. The summed E-state index contributed by atoms with van der Waals surface area (Å²) in [5.74, 6) is 0. The van der Waals surface area contributed by atoms with Crippen LogP contribution in [0.3, 0.4) is 0 Å². The highest BCUT2D eigenvalue weighted by Crippen LogP contribution is 2.42. The number of benzene rings is 5. The first-order valence-electron chi connectivity index (χ1n) is 12.6. The van der Waals surface area contributed by atoms with Crippen LogP contribution < -0.4 is 0 Å². The molecule has 0 N–H and O–H groups in total. The van der Waals surface area contributed by atoms with Gasteiger partial charge in [-0.2, -0.15) is 0 Å². The first-order valence-corrected chi connectivity index (χ1v) is 12.6. The average molecular weight is 464 g/mol. The van der Waals surface area contributed by atoms with Crippen molar-refractivity contribution in [2.45, 2.75) is 6.04 Å². The van der Waals surface area contributed by atoms with Crippen molar-refractivity contribution in [2.75, 3.05) is 13.6 Å². The summed E-state index contributed by atoms with van der Waals surface area (Å²) in [6, 6.07) is 42.7. The van der Waals surface area contributed by atoms with E-state index < -0.39 is 0 Å². The van der Waals surface area contributed by atoms with Crippen LogP contribution in [0.4, 0.5) is 0 Å². The molecule has 3 heteroatoms. The van der Waals surface area contributed by atoms with Crippen molar-refractivity contribution >= 4 is 43.6 Å². The topological polar surface area (TPSA) is 12.9 Å². The van der Waals surface area contributed by atoms with Gasteiger partial charge in [0.05, 0.1) is 22.1 Å². The van der Waals surface area contributed by atoms with Gasteiger partial charge in [0.2, 0.25) is 0 Å². The second kappa shape index (κ2) is 7.33. The monoisotopic (exact) mass is 463 g/mol. The van der Waals surface area contributed by atoms with Crippen LogP contribution in [-0.4, -0.2) is 27.6 Å². The third kappa shape index (κ3) is 2.72. The molecule has 3 nitrogen and oxygen atoms in total. The van der Waals surface area contributed by atoms with Crippen LogP contribution >= 0.6 is 0 Å². The molecule has 7 aromatic rings. The lowest BCUT2D eigenvalue weighted by Crippen LogP contribution is -1.96. The Labute approximate surface area is 209 Å². The van der Waals surface area contributed by atoms with Crippen LogP contribution in [0.5, 0.6) is 0 Å². The van der Waals surface area contributed by atoms with E-state index in [4.69, 9.17) is 0 Å². The molecule has 2 atom stereocenters. The number of fused-ring (bicyclic) bond motifs is 7. The van der Waals surface area contributed by atoms with Gasteiger partial charge in [-0.1, -0.05) is 72.8 Å². The number of aromatic nitrogens is 2. The maximum atomic E-state index is 2.47. The normalized spacial score (nSPS) is 17.5. The van der Waals surface area contributed by atoms with Crippen molar-refractivity contribution < 1.29 is 0 Å². The highest BCUT2D eigenvalue weighted by molar-refractivity contribution is 6.26. The second-order valence-corrected chi connectivity index (χ2v) is 9.94. The zero-order chi connectivity index (χ0) is 23.8. The number of para-hydroxylation sites is 3. The van der Waals surface area contributed by atoms with Gasteiger partial charge in [-0.25, -0.2) is 0 Å². The van der Waals surface area contributed by atoms with Gasteiger partial charge in [-0.3, -0.25) is 4.90 Å². The first-order chi connectivity index (χ1) is 17.8. The van der Waals surface area contributed by atoms with E-state index in [9.17, 15) is 0 Å². The summed E-state index contributed by atoms with van der Waals surface area (Å²) >= 11 is 0. The number of rotatable bonds is 3. The summed E-state index contributed by atoms with van der Waals surface area (Å²) in [6.45, 7) is 1.15. The minimum absolute atomic E-state index is 0.563. The largest absolute Gasteiger partial charge is 0.309 e. The van der Waals surface area contributed by atoms with Gasteiger partial charge in [0.15, 0.2) is 0 Å². The van der Waals surface area contributed by atoms with Crippen LogP contribution in [0.25, 0.3) is 55.0 Å². The van der Waals surface area contributed by atoms with Crippen LogP contribution in [0, 0.1) is 0 Å². The van der Waals surface area contributed by atoms with Crippen LogP contribution in [0.1, 0.15) is 11.6 Å². The SMILES string of the molecule is CN1CC1c1ccc(-n2c3ccccc3c3ccc4c(c5ccccc5n4-c4ccccc4)c32)cc1. The second-order valence-electron chi connectivity index (χ2n) is 9.94. The van der Waals surface area contributed by atoms with E-state index in [0.29, 0.717) is 6.04 Å². The molecular formula is C33H25N3. The van der Waals surface area contributed by atoms with E-state index in [-0.39, 0.29) is 0 Å². The minimum atomic E-state index is 0.563. The van der Waals surface area contributed by atoms with Crippen LogP contribution in [-0.2, 0) is 0 Å². The molecule has 3 heterocycles. The first kappa shape index (κ1) is 19.9. The van der Waals surface area contributed by atoms with Gasteiger partial charge in [0.1, 0.15) is 0 Å².